The third-order valence-corrected chi connectivity index (χ3v) is 4.77. The van der Waals surface area contributed by atoms with E-state index in [0.717, 1.165) is 16.8 Å². The Morgan fingerprint density at radius 3 is 1.96 bits per heavy atom. The van der Waals surface area contributed by atoms with Crippen LogP contribution in [0.15, 0.2) is 96.6 Å². The molecular weight excluding hydrogens is 352 g/mol. The van der Waals surface area contributed by atoms with Crippen LogP contribution in [-0.2, 0) is 0 Å². The molecule has 0 fully saturated rings. The largest absolute Gasteiger partial charge is 0.351 e. The molecule has 0 aliphatic carbocycles. The standard InChI is InChI=1S/C23H18N2OS/c26-22(18-14-8-3-9-15-18)19-20(16-10-4-1-5-11-16)24-23(27)25-21(19)17-12-6-2-7-13-17/h1-15,20H,(H2,24,25,27)/t20-/m0/s1. The van der Waals surface area contributed by atoms with Crippen molar-refractivity contribution in [2.45, 2.75) is 6.04 Å². The Morgan fingerprint density at radius 2 is 1.33 bits per heavy atom. The first-order valence-electron chi connectivity index (χ1n) is 8.76. The minimum absolute atomic E-state index is 0.0224. The number of rotatable bonds is 4. The average Bonchev–Trinajstić information content (AvgIpc) is 2.74. The normalized spacial score (nSPS) is 16.4. The van der Waals surface area contributed by atoms with Crippen molar-refractivity contribution in [2.75, 3.05) is 0 Å². The van der Waals surface area contributed by atoms with Crippen LogP contribution in [0, 0.1) is 0 Å². The number of benzene rings is 3. The molecule has 0 amide bonds. The number of nitrogens with one attached hydrogen (secondary N) is 2. The molecule has 27 heavy (non-hydrogen) atoms. The molecule has 0 saturated carbocycles. The van der Waals surface area contributed by atoms with E-state index >= 15 is 0 Å². The molecule has 3 aromatic rings. The molecule has 0 aromatic heterocycles. The molecule has 3 aromatic carbocycles. The summed E-state index contributed by atoms with van der Waals surface area (Å²) in [6, 6.07) is 28.8. The molecule has 0 bridgehead atoms. The van der Waals surface area contributed by atoms with E-state index < -0.39 is 0 Å². The van der Waals surface area contributed by atoms with Crippen molar-refractivity contribution in [2.24, 2.45) is 0 Å². The number of carbonyl (C=O) groups is 1. The van der Waals surface area contributed by atoms with Crippen molar-refractivity contribution in [1.82, 2.24) is 10.6 Å². The lowest BCUT2D eigenvalue weighted by molar-refractivity contribution is 0.102. The van der Waals surface area contributed by atoms with Gasteiger partial charge in [0.15, 0.2) is 10.9 Å². The Labute approximate surface area is 163 Å². The molecule has 0 spiro atoms. The fourth-order valence-electron chi connectivity index (χ4n) is 3.28. The van der Waals surface area contributed by atoms with Gasteiger partial charge in [-0.1, -0.05) is 91.0 Å². The van der Waals surface area contributed by atoms with Crippen LogP contribution in [0.25, 0.3) is 5.70 Å². The van der Waals surface area contributed by atoms with Crippen LogP contribution in [0.4, 0.5) is 0 Å². The predicted octanol–water partition coefficient (Wildman–Crippen LogP) is 4.50. The molecule has 4 rings (SSSR count). The van der Waals surface area contributed by atoms with E-state index in [-0.39, 0.29) is 11.8 Å². The highest BCUT2D eigenvalue weighted by Gasteiger charge is 2.32. The van der Waals surface area contributed by atoms with Gasteiger partial charge in [-0.2, -0.15) is 0 Å². The van der Waals surface area contributed by atoms with Crippen LogP contribution in [0.5, 0.6) is 0 Å². The molecule has 4 heteroatoms. The van der Waals surface area contributed by atoms with Gasteiger partial charge < -0.3 is 10.6 Å². The van der Waals surface area contributed by atoms with E-state index in [1.54, 1.807) is 0 Å². The van der Waals surface area contributed by atoms with E-state index in [1.165, 1.54) is 0 Å². The predicted molar refractivity (Wildman–Crippen MR) is 112 cm³/mol. The Bertz CT molecular complexity index is 998. The smallest absolute Gasteiger partial charge is 0.193 e. The molecule has 0 radical (unpaired) electrons. The van der Waals surface area contributed by atoms with E-state index in [2.05, 4.69) is 10.6 Å². The van der Waals surface area contributed by atoms with E-state index in [0.29, 0.717) is 16.2 Å². The van der Waals surface area contributed by atoms with Crippen LogP contribution in [-0.4, -0.2) is 10.9 Å². The van der Waals surface area contributed by atoms with Gasteiger partial charge in [0, 0.05) is 5.56 Å². The molecule has 1 heterocycles. The lowest BCUT2D eigenvalue weighted by atomic mass is 9.87. The van der Waals surface area contributed by atoms with Crippen molar-refractivity contribution >= 4 is 28.8 Å². The lowest BCUT2D eigenvalue weighted by Crippen LogP contribution is -2.44. The Hall–Kier alpha value is -3.24. The summed E-state index contributed by atoms with van der Waals surface area (Å²) in [6.07, 6.45) is 0. The third-order valence-electron chi connectivity index (χ3n) is 4.55. The zero-order valence-electron chi connectivity index (χ0n) is 14.6. The van der Waals surface area contributed by atoms with Crippen LogP contribution >= 0.6 is 12.2 Å². The second-order valence-corrected chi connectivity index (χ2v) is 6.70. The first-order valence-corrected chi connectivity index (χ1v) is 9.16. The Kier molecular flexibility index (Phi) is 4.81. The van der Waals surface area contributed by atoms with Gasteiger partial charge in [-0.05, 0) is 23.3 Å². The van der Waals surface area contributed by atoms with Crippen LogP contribution in [0.2, 0.25) is 0 Å². The zero-order valence-corrected chi connectivity index (χ0v) is 15.4. The molecule has 0 unspecified atom stereocenters. The van der Waals surface area contributed by atoms with E-state index in [9.17, 15) is 4.79 Å². The maximum absolute atomic E-state index is 13.5. The van der Waals surface area contributed by atoms with Crippen molar-refractivity contribution in [1.29, 1.82) is 0 Å². The molecule has 1 aliphatic heterocycles. The summed E-state index contributed by atoms with van der Waals surface area (Å²) in [5.41, 5.74) is 3.99. The lowest BCUT2D eigenvalue weighted by Gasteiger charge is -2.31. The summed E-state index contributed by atoms with van der Waals surface area (Å²) in [5.74, 6) is -0.0224. The summed E-state index contributed by atoms with van der Waals surface area (Å²) in [7, 11) is 0. The number of thiocarbonyl (C=S) groups is 1. The average molecular weight is 370 g/mol. The SMILES string of the molecule is O=C(C1=C(c2ccccc2)NC(=S)N[C@H]1c1ccccc1)c1ccccc1. The fourth-order valence-corrected chi connectivity index (χ4v) is 3.50. The van der Waals surface area contributed by atoms with Gasteiger partial charge in [-0.25, -0.2) is 0 Å². The minimum atomic E-state index is -0.317. The molecular formula is C23H18N2OS. The summed E-state index contributed by atoms with van der Waals surface area (Å²) >= 11 is 5.45. The summed E-state index contributed by atoms with van der Waals surface area (Å²) < 4.78 is 0. The van der Waals surface area contributed by atoms with Crippen molar-refractivity contribution in [3.63, 3.8) is 0 Å². The maximum atomic E-state index is 13.5. The molecule has 3 nitrogen and oxygen atoms in total. The summed E-state index contributed by atoms with van der Waals surface area (Å²) in [4.78, 5) is 13.5. The highest BCUT2D eigenvalue weighted by Crippen LogP contribution is 2.33. The minimum Gasteiger partial charge on any atom is -0.351 e. The Morgan fingerprint density at radius 1 is 0.778 bits per heavy atom. The summed E-state index contributed by atoms with van der Waals surface area (Å²) in [5, 5.41) is 6.99. The highest BCUT2D eigenvalue weighted by molar-refractivity contribution is 7.80. The quantitative estimate of drug-likeness (QED) is 0.524. The third kappa shape index (κ3) is 3.52. The van der Waals surface area contributed by atoms with Crippen LogP contribution < -0.4 is 10.6 Å². The number of Topliss-reactive ketones (excluding diaryl/α,β-unsaturated/α-hetero) is 1. The topological polar surface area (TPSA) is 41.1 Å². The van der Waals surface area contributed by atoms with E-state index in [1.807, 2.05) is 91.0 Å². The zero-order chi connectivity index (χ0) is 18.6. The van der Waals surface area contributed by atoms with E-state index in [4.69, 9.17) is 12.2 Å². The summed E-state index contributed by atoms with van der Waals surface area (Å²) in [6.45, 7) is 0. The Balaban J connectivity index is 1.93. The van der Waals surface area contributed by atoms with Crippen LogP contribution in [0.3, 0.4) is 0 Å². The monoisotopic (exact) mass is 370 g/mol. The van der Waals surface area contributed by atoms with Gasteiger partial charge >= 0.3 is 0 Å². The molecule has 132 valence electrons. The maximum Gasteiger partial charge on any atom is 0.193 e. The number of ketones is 1. The van der Waals surface area contributed by atoms with Gasteiger partial charge in [-0.3, -0.25) is 4.79 Å². The second-order valence-electron chi connectivity index (χ2n) is 6.29. The molecule has 2 N–H and O–H groups in total. The van der Waals surface area contributed by atoms with Crippen molar-refractivity contribution in [3.05, 3.63) is 113 Å². The van der Waals surface area contributed by atoms with Gasteiger partial charge in [0.05, 0.1) is 17.3 Å². The second kappa shape index (κ2) is 7.56. The first-order chi connectivity index (χ1) is 13.2. The van der Waals surface area contributed by atoms with Crippen molar-refractivity contribution in [3.8, 4) is 0 Å². The van der Waals surface area contributed by atoms with Gasteiger partial charge in [0.25, 0.3) is 0 Å². The first kappa shape index (κ1) is 17.2. The van der Waals surface area contributed by atoms with Crippen molar-refractivity contribution < 1.29 is 4.79 Å². The number of hydrogen-bond acceptors (Lipinski definition) is 2. The van der Waals surface area contributed by atoms with Gasteiger partial charge in [-0.15, -0.1) is 0 Å². The van der Waals surface area contributed by atoms with Gasteiger partial charge in [0.2, 0.25) is 0 Å². The number of carbonyl (C=O) groups excluding carboxylic acids is 1. The fraction of sp³-hybridized carbons (Fsp3) is 0.0435. The molecule has 1 atom stereocenters. The highest BCUT2D eigenvalue weighted by atomic mass is 32.1. The molecule has 1 aliphatic rings. The van der Waals surface area contributed by atoms with Crippen LogP contribution in [0.1, 0.15) is 27.5 Å². The van der Waals surface area contributed by atoms with Gasteiger partial charge in [0.1, 0.15) is 0 Å². The number of hydrogen-bond donors (Lipinski definition) is 2. The molecule has 0 saturated heterocycles.